The molecule has 0 bridgehead atoms. The fourth-order valence-electron chi connectivity index (χ4n) is 1.51. The summed E-state index contributed by atoms with van der Waals surface area (Å²) < 4.78 is 12.2. The van der Waals surface area contributed by atoms with Crippen LogP contribution in [0.15, 0.2) is 18.9 Å². The number of hydrogen-bond donors (Lipinski definition) is 0. The van der Waals surface area contributed by atoms with E-state index in [4.69, 9.17) is 9.47 Å². The average Bonchev–Trinajstić information content (AvgIpc) is 2.73. The summed E-state index contributed by atoms with van der Waals surface area (Å²) in [7, 11) is 0. The van der Waals surface area contributed by atoms with Crippen LogP contribution in [0.25, 0.3) is 0 Å². The van der Waals surface area contributed by atoms with Crippen molar-refractivity contribution in [1.29, 1.82) is 0 Å². The Balaban J connectivity index is 2.87. The van der Waals surface area contributed by atoms with Crippen LogP contribution in [0.4, 0.5) is 0 Å². The van der Waals surface area contributed by atoms with Gasteiger partial charge in [0, 0.05) is 6.54 Å². The van der Waals surface area contributed by atoms with Gasteiger partial charge in [-0.2, -0.15) is 5.10 Å². The highest BCUT2D eigenvalue weighted by Gasteiger charge is 2.20. The Kier molecular flexibility index (Phi) is 5.97. The fourth-order valence-corrected chi connectivity index (χ4v) is 1.51. The van der Waals surface area contributed by atoms with Gasteiger partial charge in [-0.1, -0.05) is 13.0 Å². The van der Waals surface area contributed by atoms with Crippen LogP contribution in [0.1, 0.15) is 37.2 Å². The van der Waals surface area contributed by atoms with E-state index in [9.17, 15) is 4.79 Å². The van der Waals surface area contributed by atoms with Crippen LogP contribution in [-0.4, -0.2) is 29.0 Å². The second-order valence-corrected chi connectivity index (χ2v) is 3.73. The summed E-state index contributed by atoms with van der Waals surface area (Å²) in [5, 5.41) is 4.15. The first kappa shape index (κ1) is 14.3. The van der Waals surface area contributed by atoms with Gasteiger partial charge in [0.1, 0.15) is 0 Å². The average molecular weight is 252 g/mol. The third kappa shape index (κ3) is 3.61. The van der Waals surface area contributed by atoms with Crippen molar-refractivity contribution < 1.29 is 14.3 Å². The van der Waals surface area contributed by atoms with Crippen molar-refractivity contribution >= 4 is 5.97 Å². The van der Waals surface area contributed by atoms with E-state index in [-0.39, 0.29) is 0 Å². The SMILES string of the molecule is C=CCCOc1cnn(CCC)c1C(=O)OCC. The minimum absolute atomic E-state index is 0.336. The number of esters is 1. The third-order valence-electron chi connectivity index (χ3n) is 2.29. The molecule has 0 aliphatic heterocycles. The zero-order valence-electron chi connectivity index (χ0n) is 11.0. The van der Waals surface area contributed by atoms with Crippen LogP contribution in [0.5, 0.6) is 5.75 Å². The van der Waals surface area contributed by atoms with Crippen LogP contribution < -0.4 is 4.74 Å². The highest BCUT2D eigenvalue weighted by molar-refractivity contribution is 5.90. The van der Waals surface area contributed by atoms with Gasteiger partial charge >= 0.3 is 5.97 Å². The molecule has 0 saturated carbocycles. The molecule has 0 aromatic carbocycles. The Labute approximate surface area is 107 Å². The van der Waals surface area contributed by atoms with E-state index in [1.54, 1.807) is 23.9 Å². The summed E-state index contributed by atoms with van der Waals surface area (Å²) >= 11 is 0. The van der Waals surface area contributed by atoms with Crippen molar-refractivity contribution in [2.45, 2.75) is 33.2 Å². The number of ether oxygens (including phenoxy) is 2. The molecule has 5 nitrogen and oxygen atoms in total. The predicted octanol–water partition coefficient (Wildman–Crippen LogP) is 2.42. The highest BCUT2D eigenvalue weighted by atomic mass is 16.5. The van der Waals surface area contributed by atoms with Crippen LogP contribution >= 0.6 is 0 Å². The number of nitrogens with zero attached hydrogens (tertiary/aromatic N) is 2. The summed E-state index contributed by atoms with van der Waals surface area (Å²) in [5.74, 6) is 0.0841. The normalized spacial score (nSPS) is 10.1. The molecule has 0 aliphatic carbocycles. The molecule has 5 heteroatoms. The molecule has 0 radical (unpaired) electrons. The summed E-state index contributed by atoms with van der Waals surface area (Å²) in [4.78, 5) is 11.9. The maximum absolute atomic E-state index is 11.9. The first-order chi connectivity index (χ1) is 8.74. The topological polar surface area (TPSA) is 53.4 Å². The first-order valence-corrected chi connectivity index (χ1v) is 6.21. The maximum Gasteiger partial charge on any atom is 0.360 e. The Morgan fingerprint density at radius 3 is 2.94 bits per heavy atom. The van der Waals surface area contributed by atoms with Gasteiger partial charge in [0.05, 0.1) is 19.4 Å². The van der Waals surface area contributed by atoms with Crippen molar-refractivity contribution in [2.24, 2.45) is 0 Å². The number of carbonyl (C=O) groups excluding carboxylic acids is 1. The largest absolute Gasteiger partial charge is 0.489 e. The molecule has 0 atom stereocenters. The van der Waals surface area contributed by atoms with Crippen LogP contribution in [0.2, 0.25) is 0 Å². The summed E-state index contributed by atoms with van der Waals surface area (Å²) in [6.07, 6.45) is 4.94. The maximum atomic E-state index is 11.9. The molecule has 1 aromatic heterocycles. The van der Waals surface area contributed by atoms with E-state index in [0.717, 1.165) is 12.8 Å². The molecule has 0 fully saturated rings. The second kappa shape index (κ2) is 7.53. The molecular formula is C13H20N2O3. The smallest absolute Gasteiger partial charge is 0.360 e. The predicted molar refractivity (Wildman–Crippen MR) is 68.8 cm³/mol. The van der Waals surface area contributed by atoms with Gasteiger partial charge in [-0.15, -0.1) is 6.58 Å². The van der Waals surface area contributed by atoms with E-state index in [0.29, 0.717) is 31.2 Å². The molecule has 0 aliphatic rings. The molecule has 0 saturated heterocycles. The quantitative estimate of drug-likeness (QED) is 0.405. The number of aromatic nitrogens is 2. The highest BCUT2D eigenvalue weighted by Crippen LogP contribution is 2.19. The van der Waals surface area contributed by atoms with Gasteiger partial charge in [0.15, 0.2) is 11.4 Å². The van der Waals surface area contributed by atoms with Crippen molar-refractivity contribution in [1.82, 2.24) is 9.78 Å². The van der Waals surface area contributed by atoms with E-state index >= 15 is 0 Å². The zero-order chi connectivity index (χ0) is 13.4. The van der Waals surface area contributed by atoms with Crippen molar-refractivity contribution in [3.8, 4) is 5.75 Å². The molecule has 0 N–H and O–H groups in total. The van der Waals surface area contributed by atoms with Crippen LogP contribution in [0, 0.1) is 0 Å². The van der Waals surface area contributed by atoms with Gasteiger partial charge in [0.25, 0.3) is 0 Å². The van der Waals surface area contributed by atoms with E-state index < -0.39 is 5.97 Å². The Morgan fingerprint density at radius 2 is 2.33 bits per heavy atom. The summed E-state index contributed by atoms with van der Waals surface area (Å²) in [6, 6.07) is 0. The Morgan fingerprint density at radius 1 is 1.56 bits per heavy atom. The molecule has 1 heterocycles. The minimum atomic E-state index is -0.392. The second-order valence-electron chi connectivity index (χ2n) is 3.73. The van der Waals surface area contributed by atoms with Crippen LogP contribution in [-0.2, 0) is 11.3 Å². The molecule has 100 valence electrons. The lowest BCUT2D eigenvalue weighted by Crippen LogP contribution is -2.14. The lowest BCUT2D eigenvalue weighted by Gasteiger charge is -2.08. The molecule has 0 amide bonds. The van der Waals surface area contributed by atoms with Crippen molar-refractivity contribution in [3.63, 3.8) is 0 Å². The van der Waals surface area contributed by atoms with Gasteiger partial charge in [-0.25, -0.2) is 4.79 Å². The number of carbonyl (C=O) groups is 1. The van der Waals surface area contributed by atoms with E-state index in [1.807, 2.05) is 6.92 Å². The molecule has 18 heavy (non-hydrogen) atoms. The van der Waals surface area contributed by atoms with Gasteiger partial charge in [-0.3, -0.25) is 4.68 Å². The number of hydrogen-bond acceptors (Lipinski definition) is 4. The zero-order valence-corrected chi connectivity index (χ0v) is 11.0. The minimum Gasteiger partial charge on any atom is -0.489 e. The lowest BCUT2D eigenvalue weighted by molar-refractivity contribution is 0.0507. The summed E-state index contributed by atoms with van der Waals surface area (Å²) in [5.41, 5.74) is 0.391. The Bertz CT molecular complexity index is 399. The first-order valence-electron chi connectivity index (χ1n) is 6.21. The molecule has 0 unspecified atom stereocenters. The standard InChI is InChI=1S/C13H20N2O3/c1-4-7-9-18-11-10-14-15(8-5-2)12(11)13(16)17-6-3/h4,10H,1,5-9H2,2-3H3. The van der Waals surface area contributed by atoms with Gasteiger partial charge < -0.3 is 9.47 Å². The molecule has 0 spiro atoms. The van der Waals surface area contributed by atoms with E-state index in [1.165, 1.54) is 0 Å². The fraction of sp³-hybridized carbons (Fsp3) is 0.538. The lowest BCUT2D eigenvalue weighted by atomic mass is 10.3. The van der Waals surface area contributed by atoms with Crippen molar-refractivity contribution in [3.05, 3.63) is 24.5 Å². The Hall–Kier alpha value is -1.78. The van der Waals surface area contributed by atoms with E-state index in [2.05, 4.69) is 11.7 Å². The molecule has 1 rings (SSSR count). The van der Waals surface area contributed by atoms with Crippen molar-refractivity contribution in [2.75, 3.05) is 13.2 Å². The van der Waals surface area contributed by atoms with Crippen LogP contribution in [0.3, 0.4) is 0 Å². The number of aryl methyl sites for hydroxylation is 1. The molecular weight excluding hydrogens is 232 g/mol. The van der Waals surface area contributed by atoms with Gasteiger partial charge in [-0.05, 0) is 19.8 Å². The monoisotopic (exact) mass is 252 g/mol. The number of rotatable bonds is 8. The summed E-state index contributed by atoms with van der Waals surface area (Å²) in [6.45, 7) is 8.90. The van der Waals surface area contributed by atoms with Gasteiger partial charge in [0.2, 0.25) is 0 Å². The third-order valence-corrected chi connectivity index (χ3v) is 2.29. The molecule has 1 aromatic rings.